The lowest BCUT2D eigenvalue weighted by atomic mass is 9.95. The summed E-state index contributed by atoms with van der Waals surface area (Å²) in [6.07, 6.45) is 4.28. The largest absolute Gasteiger partial charge is 0.459 e. The van der Waals surface area contributed by atoms with E-state index in [1.165, 1.54) is 5.56 Å². The van der Waals surface area contributed by atoms with E-state index in [1.54, 1.807) is 11.3 Å². The van der Waals surface area contributed by atoms with Gasteiger partial charge in [-0.3, -0.25) is 4.79 Å². The maximum Gasteiger partial charge on any atom is 0.288 e. The van der Waals surface area contributed by atoms with E-state index in [0.717, 1.165) is 37.1 Å². The smallest absolute Gasteiger partial charge is 0.288 e. The number of aliphatic hydroxyl groups is 1. The van der Waals surface area contributed by atoms with Gasteiger partial charge in [0.1, 0.15) is 0 Å². The quantitative estimate of drug-likeness (QED) is 0.803. The molecule has 6 heteroatoms. The Hall–Kier alpha value is -2.15. The number of nitrogens with zero attached hydrogens (tertiary/aromatic N) is 1. The van der Waals surface area contributed by atoms with Gasteiger partial charge in [-0.15, -0.1) is 0 Å². The Bertz CT molecular complexity index is 810. The Kier molecular flexibility index (Phi) is 6.10. The van der Waals surface area contributed by atoms with Gasteiger partial charge in [-0.25, -0.2) is 0 Å². The first-order chi connectivity index (χ1) is 13.7. The number of benzene rings is 1. The molecular formula is C22H25NO4S. The van der Waals surface area contributed by atoms with Gasteiger partial charge >= 0.3 is 0 Å². The predicted octanol–water partition coefficient (Wildman–Crippen LogP) is 3.79. The van der Waals surface area contributed by atoms with E-state index in [4.69, 9.17) is 14.6 Å². The summed E-state index contributed by atoms with van der Waals surface area (Å²) >= 11 is 1.66. The Labute approximate surface area is 169 Å². The maximum atomic E-state index is 12.9. The van der Waals surface area contributed by atoms with Gasteiger partial charge in [-0.1, -0.05) is 24.3 Å². The molecule has 1 aromatic heterocycles. The molecule has 0 radical (unpaired) electrons. The van der Waals surface area contributed by atoms with Crippen molar-refractivity contribution in [1.29, 1.82) is 0 Å². The molecule has 1 amide bonds. The van der Waals surface area contributed by atoms with Crippen LogP contribution in [0.4, 0.5) is 0 Å². The lowest BCUT2D eigenvalue weighted by Gasteiger charge is -2.30. The molecule has 0 spiro atoms. The van der Waals surface area contributed by atoms with Crippen LogP contribution < -0.4 is 0 Å². The van der Waals surface area contributed by atoms with Gasteiger partial charge in [0.25, 0.3) is 5.91 Å². The molecule has 5 nitrogen and oxygen atoms in total. The molecule has 0 bridgehead atoms. The second-order valence-corrected chi connectivity index (χ2v) is 8.04. The van der Waals surface area contributed by atoms with Crippen LogP contribution in [0.15, 0.2) is 52.9 Å². The van der Waals surface area contributed by atoms with Gasteiger partial charge in [0.15, 0.2) is 5.76 Å². The summed E-state index contributed by atoms with van der Waals surface area (Å²) in [5.41, 5.74) is 3.08. The Morgan fingerprint density at radius 2 is 1.93 bits per heavy atom. The molecule has 4 rings (SSSR count). The topological polar surface area (TPSA) is 59.0 Å². The van der Waals surface area contributed by atoms with Crippen LogP contribution in [0.2, 0.25) is 0 Å². The fraction of sp³-hybridized carbons (Fsp3) is 0.409. The highest BCUT2D eigenvalue weighted by Gasteiger charge is 2.32. The normalized spacial score (nSPS) is 22.0. The summed E-state index contributed by atoms with van der Waals surface area (Å²) in [5.74, 6) is 0.492. The third-order valence-corrected chi connectivity index (χ3v) is 5.98. The summed E-state index contributed by atoms with van der Waals surface area (Å²) in [6, 6.07) is 9.75. The van der Waals surface area contributed by atoms with E-state index in [1.807, 2.05) is 35.2 Å². The van der Waals surface area contributed by atoms with E-state index >= 15 is 0 Å². The van der Waals surface area contributed by atoms with Crippen LogP contribution in [-0.2, 0) is 27.5 Å². The van der Waals surface area contributed by atoms with Gasteiger partial charge in [0, 0.05) is 25.4 Å². The van der Waals surface area contributed by atoms with Crippen molar-refractivity contribution in [2.75, 3.05) is 13.1 Å². The fourth-order valence-electron chi connectivity index (χ4n) is 3.64. The summed E-state index contributed by atoms with van der Waals surface area (Å²) in [5, 5.41) is 13.3. The average Bonchev–Trinajstić information content (AvgIpc) is 3.46. The number of carbonyl (C=O) groups excluding carboxylic acids is 1. The van der Waals surface area contributed by atoms with Gasteiger partial charge in [0.2, 0.25) is 6.29 Å². The summed E-state index contributed by atoms with van der Waals surface area (Å²) in [6.45, 7) is 2.02. The molecule has 2 aliphatic heterocycles. The molecule has 2 atom stereocenters. The van der Waals surface area contributed by atoms with Crippen LogP contribution in [0.1, 0.15) is 41.9 Å². The lowest BCUT2D eigenvalue weighted by Crippen LogP contribution is -2.34. The lowest BCUT2D eigenvalue weighted by molar-refractivity contribution is -0.155. The number of ether oxygens (including phenoxy) is 2. The zero-order valence-electron chi connectivity index (χ0n) is 15.8. The average molecular weight is 400 g/mol. The number of carbonyl (C=O) groups is 1. The van der Waals surface area contributed by atoms with E-state index in [9.17, 15) is 4.79 Å². The number of rotatable bonds is 6. The van der Waals surface area contributed by atoms with Crippen molar-refractivity contribution in [2.45, 2.75) is 44.7 Å². The molecule has 1 saturated heterocycles. The first-order valence-electron chi connectivity index (χ1n) is 9.73. The van der Waals surface area contributed by atoms with Gasteiger partial charge in [0.05, 0.1) is 13.2 Å². The molecule has 1 aromatic carbocycles. The molecule has 1 fully saturated rings. The van der Waals surface area contributed by atoms with E-state index < -0.39 is 6.29 Å². The predicted molar refractivity (Wildman–Crippen MR) is 108 cm³/mol. The van der Waals surface area contributed by atoms with E-state index in [2.05, 4.69) is 16.8 Å². The highest BCUT2D eigenvalue weighted by atomic mass is 32.1. The number of likely N-dealkylation sites (tertiary alicyclic amines) is 1. The molecule has 28 heavy (non-hydrogen) atoms. The van der Waals surface area contributed by atoms with E-state index in [-0.39, 0.29) is 18.4 Å². The second kappa shape index (κ2) is 8.90. The Morgan fingerprint density at radius 1 is 1.18 bits per heavy atom. The van der Waals surface area contributed by atoms with Crippen molar-refractivity contribution in [1.82, 2.24) is 4.90 Å². The van der Waals surface area contributed by atoms with Gasteiger partial charge in [-0.05, 0) is 52.4 Å². The van der Waals surface area contributed by atoms with Crippen molar-refractivity contribution in [3.05, 3.63) is 69.6 Å². The second-order valence-electron chi connectivity index (χ2n) is 7.26. The van der Waals surface area contributed by atoms with Crippen LogP contribution in [0.25, 0.3) is 0 Å². The molecule has 2 aliphatic rings. The standard InChI is InChI=1S/C22H25NO4S/c24-13-16-3-5-17(6-4-16)14-26-21-12-19(18-7-10-28-15-18)11-20(27-21)22(25)23-8-1-2-9-23/h3-7,10-11,15,19,21,24H,1-2,8-9,12-14H2/t19-,21+/m1/s1. The number of amides is 1. The van der Waals surface area contributed by atoms with Crippen LogP contribution in [0.3, 0.4) is 0 Å². The van der Waals surface area contributed by atoms with Crippen LogP contribution in [0.5, 0.6) is 0 Å². The minimum Gasteiger partial charge on any atom is -0.459 e. The highest BCUT2D eigenvalue weighted by molar-refractivity contribution is 7.08. The third kappa shape index (κ3) is 4.46. The minimum atomic E-state index is -0.464. The van der Waals surface area contributed by atoms with Gasteiger partial charge < -0.3 is 19.5 Å². The molecule has 0 saturated carbocycles. The molecule has 148 valence electrons. The molecule has 0 unspecified atom stereocenters. The number of aliphatic hydroxyl groups excluding tert-OH is 1. The van der Waals surface area contributed by atoms with Crippen LogP contribution in [-0.4, -0.2) is 35.3 Å². The monoisotopic (exact) mass is 399 g/mol. The Balaban J connectivity index is 1.46. The molecule has 0 aliphatic carbocycles. The highest BCUT2D eigenvalue weighted by Crippen LogP contribution is 2.33. The summed E-state index contributed by atoms with van der Waals surface area (Å²) in [4.78, 5) is 14.7. The zero-order chi connectivity index (χ0) is 19.3. The van der Waals surface area contributed by atoms with Crippen molar-refractivity contribution >= 4 is 17.2 Å². The van der Waals surface area contributed by atoms with Crippen LogP contribution >= 0.6 is 11.3 Å². The number of hydrogen-bond donors (Lipinski definition) is 1. The molecule has 2 aromatic rings. The summed E-state index contributed by atoms with van der Waals surface area (Å²) in [7, 11) is 0. The fourth-order valence-corrected chi connectivity index (χ4v) is 4.36. The van der Waals surface area contributed by atoms with Crippen LogP contribution in [0, 0.1) is 0 Å². The molecule has 1 N–H and O–H groups in total. The molecular weight excluding hydrogens is 374 g/mol. The van der Waals surface area contributed by atoms with E-state index in [0.29, 0.717) is 18.8 Å². The maximum absolute atomic E-state index is 12.9. The van der Waals surface area contributed by atoms with Crippen molar-refractivity contribution in [3.8, 4) is 0 Å². The zero-order valence-corrected chi connectivity index (χ0v) is 16.6. The number of thiophene rings is 1. The summed E-state index contributed by atoms with van der Waals surface area (Å²) < 4.78 is 12.0. The van der Waals surface area contributed by atoms with Crippen molar-refractivity contribution in [2.24, 2.45) is 0 Å². The SMILES string of the molecule is O=C(C1=C[C@@H](c2ccsc2)C[C@@H](OCc2ccc(CO)cc2)O1)N1CCCC1. The Morgan fingerprint density at radius 3 is 2.61 bits per heavy atom. The first-order valence-corrected chi connectivity index (χ1v) is 10.7. The molecule has 3 heterocycles. The number of allylic oxidation sites excluding steroid dienone is 1. The van der Waals surface area contributed by atoms with Crippen molar-refractivity contribution in [3.63, 3.8) is 0 Å². The van der Waals surface area contributed by atoms with Crippen molar-refractivity contribution < 1.29 is 19.4 Å². The third-order valence-electron chi connectivity index (χ3n) is 5.27. The van der Waals surface area contributed by atoms with Gasteiger partial charge in [-0.2, -0.15) is 11.3 Å². The first kappa shape index (κ1) is 19.2. The minimum absolute atomic E-state index is 0.0293. The number of hydrogen-bond acceptors (Lipinski definition) is 5.